The number of carbonyl (C=O) groups excluding carboxylic acids is 1. The zero-order chi connectivity index (χ0) is 18.5. The van der Waals surface area contributed by atoms with Crippen LogP contribution in [0.4, 0.5) is 5.69 Å². The number of anilines is 1. The van der Waals surface area contributed by atoms with Crippen molar-refractivity contribution in [3.63, 3.8) is 0 Å². The molecule has 4 aromatic rings. The van der Waals surface area contributed by atoms with Crippen LogP contribution in [0.2, 0.25) is 0 Å². The van der Waals surface area contributed by atoms with Crippen LogP contribution < -0.4 is 5.32 Å². The maximum atomic E-state index is 12.5. The molecular weight excluding hydrogens is 372 g/mol. The number of aromatic amines is 1. The number of aryl methyl sites for hydroxylation is 1. The molecule has 136 valence electrons. The van der Waals surface area contributed by atoms with E-state index in [1.165, 1.54) is 16.5 Å². The first-order valence-corrected chi connectivity index (χ1v) is 10.8. The van der Waals surface area contributed by atoms with Crippen LogP contribution in [0.1, 0.15) is 17.5 Å². The van der Waals surface area contributed by atoms with E-state index in [-0.39, 0.29) is 5.91 Å². The molecule has 1 amide bonds. The third kappa shape index (κ3) is 4.43. The van der Waals surface area contributed by atoms with E-state index in [9.17, 15) is 4.79 Å². The lowest BCUT2D eigenvalue weighted by atomic mass is 10.1. The lowest BCUT2D eigenvalue weighted by Gasteiger charge is -2.10. The van der Waals surface area contributed by atoms with Crippen LogP contribution in [0, 0.1) is 0 Å². The Bertz CT molecular complexity index is 1040. The second-order valence-electron chi connectivity index (χ2n) is 6.32. The number of aromatic nitrogens is 1. The summed E-state index contributed by atoms with van der Waals surface area (Å²) in [6.07, 6.45) is 3.19. The van der Waals surface area contributed by atoms with E-state index in [1.54, 1.807) is 23.1 Å². The molecule has 27 heavy (non-hydrogen) atoms. The number of amides is 1. The fraction of sp³-hybridized carbons (Fsp3) is 0.136. The molecule has 2 N–H and O–H groups in total. The first kappa shape index (κ1) is 17.9. The minimum absolute atomic E-state index is 0.0452. The number of rotatable bonds is 7. The average molecular weight is 393 g/mol. The van der Waals surface area contributed by atoms with Crippen LogP contribution in [0.25, 0.3) is 10.9 Å². The summed E-state index contributed by atoms with van der Waals surface area (Å²) in [4.78, 5) is 16.9. The van der Waals surface area contributed by atoms with Crippen molar-refractivity contribution in [1.82, 2.24) is 4.98 Å². The van der Waals surface area contributed by atoms with E-state index in [0.29, 0.717) is 6.42 Å². The van der Waals surface area contributed by atoms with Gasteiger partial charge in [-0.25, -0.2) is 0 Å². The summed E-state index contributed by atoms with van der Waals surface area (Å²) in [6.45, 7) is 0. The van der Waals surface area contributed by atoms with Crippen molar-refractivity contribution in [3.05, 3.63) is 82.7 Å². The van der Waals surface area contributed by atoms with Gasteiger partial charge in [0.25, 0.3) is 0 Å². The van der Waals surface area contributed by atoms with Crippen molar-refractivity contribution < 1.29 is 4.79 Å². The van der Waals surface area contributed by atoms with Gasteiger partial charge in [0.05, 0.1) is 5.69 Å². The van der Waals surface area contributed by atoms with Crippen LogP contribution in [0.5, 0.6) is 0 Å². The van der Waals surface area contributed by atoms with E-state index in [1.807, 2.05) is 36.5 Å². The highest BCUT2D eigenvalue weighted by atomic mass is 32.2. The first-order chi connectivity index (χ1) is 13.3. The maximum absolute atomic E-state index is 12.5. The van der Waals surface area contributed by atoms with Gasteiger partial charge in [-0.2, -0.15) is 11.3 Å². The molecule has 0 aliphatic rings. The zero-order valence-corrected chi connectivity index (χ0v) is 16.4. The monoisotopic (exact) mass is 392 g/mol. The summed E-state index contributed by atoms with van der Waals surface area (Å²) in [6, 6.07) is 18.3. The quantitative estimate of drug-likeness (QED) is 0.374. The Hall–Kier alpha value is -2.50. The normalized spacial score (nSPS) is 11.0. The summed E-state index contributed by atoms with van der Waals surface area (Å²) in [5.41, 5.74) is 4.50. The molecule has 0 aliphatic carbocycles. The van der Waals surface area contributed by atoms with Crippen molar-refractivity contribution in [3.8, 4) is 0 Å². The van der Waals surface area contributed by atoms with Crippen molar-refractivity contribution in [2.75, 3.05) is 5.32 Å². The molecule has 0 spiro atoms. The molecule has 0 bridgehead atoms. The maximum Gasteiger partial charge on any atom is 0.224 e. The Kier molecular flexibility index (Phi) is 5.61. The molecule has 0 saturated carbocycles. The van der Waals surface area contributed by atoms with Gasteiger partial charge in [-0.3, -0.25) is 4.79 Å². The highest BCUT2D eigenvalue weighted by Crippen LogP contribution is 2.30. The number of hydrogen-bond acceptors (Lipinski definition) is 3. The molecule has 0 saturated heterocycles. The van der Waals surface area contributed by atoms with Crippen LogP contribution in [0.15, 0.2) is 76.4 Å². The van der Waals surface area contributed by atoms with E-state index in [4.69, 9.17) is 0 Å². The third-order valence-electron chi connectivity index (χ3n) is 4.43. The van der Waals surface area contributed by atoms with Gasteiger partial charge in [-0.05, 0) is 52.6 Å². The summed E-state index contributed by atoms with van der Waals surface area (Å²) in [5, 5.41) is 8.53. The highest BCUT2D eigenvalue weighted by Gasteiger charge is 2.10. The number of thiophene rings is 1. The Labute approximate surface area is 166 Å². The highest BCUT2D eigenvalue weighted by molar-refractivity contribution is 7.98. The molecule has 3 nitrogen and oxygen atoms in total. The van der Waals surface area contributed by atoms with Crippen molar-refractivity contribution in [1.29, 1.82) is 0 Å². The molecule has 4 rings (SSSR count). The van der Waals surface area contributed by atoms with Crippen LogP contribution in [-0.2, 0) is 17.0 Å². The number of benzene rings is 2. The van der Waals surface area contributed by atoms with Gasteiger partial charge < -0.3 is 10.3 Å². The van der Waals surface area contributed by atoms with Gasteiger partial charge >= 0.3 is 0 Å². The second kappa shape index (κ2) is 8.46. The van der Waals surface area contributed by atoms with Gasteiger partial charge in [0, 0.05) is 34.2 Å². The number of thioether (sulfide) groups is 1. The number of fused-ring (bicyclic) bond motifs is 1. The fourth-order valence-corrected chi connectivity index (χ4v) is 4.76. The number of para-hydroxylation sites is 2. The lowest BCUT2D eigenvalue weighted by Crippen LogP contribution is -2.12. The van der Waals surface area contributed by atoms with Gasteiger partial charge in [0.1, 0.15) is 0 Å². The van der Waals surface area contributed by atoms with E-state index in [2.05, 4.69) is 45.3 Å². The zero-order valence-electron chi connectivity index (χ0n) is 14.8. The topological polar surface area (TPSA) is 44.9 Å². The largest absolute Gasteiger partial charge is 0.361 e. The van der Waals surface area contributed by atoms with Crippen LogP contribution >= 0.6 is 23.1 Å². The molecule has 5 heteroatoms. The molecule has 0 unspecified atom stereocenters. The van der Waals surface area contributed by atoms with E-state index < -0.39 is 0 Å². The number of nitrogens with one attached hydrogen (secondary N) is 2. The Morgan fingerprint density at radius 3 is 2.81 bits per heavy atom. The predicted octanol–water partition coefficient (Wildman–Crippen LogP) is 6.09. The molecule has 2 aromatic carbocycles. The van der Waals surface area contributed by atoms with Crippen LogP contribution in [-0.4, -0.2) is 10.9 Å². The van der Waals surface area contributed by atoms with Crippen molar-refractivity contribution in [2.45, 2.75) is 23.5 Å². The molecule has 0 aliphatic heterocycles. The van der Waals surface area contributed by atoms with Crippen molar-refractivity contribution >= 4 is 45.6 Å². The molecule has 0 fully saturated rings. The molecule has 2 aromatic heterocycles. The minimum Gasteiger partial charge on any atom is -0.361 e. The molecular formula is C22H20N2OS2. The fourth-order valence-electron chi connectivity index (χ4n) is 3.03. The minimum atomic E-state index is 0.0452. The van der Waals surface area contributed by atoms with Gasteiger partial charge in [-0.15, -0.1) is 11.8 Å². The molecule has 0 atom stereocenters. The van der Waals surface area contributed by atoms with Crippen molar-refractivity contribution in [2.24, 2.45) is 0 Å². The first-order valence-electron chi connectivity index (χ1n) is 8.87. The summed E-state index contributed by atoms with van der Waals surface area (Å²) >= 11 is 3.46. The Morgan fingerprint density at radius 2 is 1.93 bits per heavy atom. The summed E-state index contributed by atoms with van der Waals surface area (Å²) < 4.78 is 0. The number of carbonyl (C=O) groups is 1. The average Bonchev–Trinajstić information content (AvgIpc) is 3.35. The van der Waals surface area contributed by atoms with Gasteiger partial charge in [0.2, 0.25) is 5.91 Å². The lowest BCUT2D eigenvalue weighted by molar-refractivity contribution is -0.116. The second-order valence-corrected chi connectivity index (χ2v) is 8.12. The Morgan fingerprint density at radius 1 is 1.07 bits per heavy atom. The van der Waals surface area contributed by atoms with Gasteiger partial charge in [0.15, 0.2) is 0 Å². The van der Waals surface area contributed by atoms with Gasteiger partial charge in [-0.1, -0.05) is 30.3 Å². The smallest absolute Gasteiger partial charge is 0.224 e. The summed E-state index contributed by atoms with van der Waals surface area (Å²) in [7, 11) is 0. The molecule has 2 heterocycles. The molecule has 0 radical (unpaired) electrons. The number of hydrogen-bond donors (Lipinski definition) is 2. The number of H-pyrrole nitrogens is 1. The standard InChI is InChI=1S/C22H20N2OS2/c25-22(10-9-17-13-23-19-6-2-1-5-18(17)19)24-20-7-3-4-8-21(20)27-15-16-11-12-26-14-16/h1-8,11-14,23H,9-10,15H2,(H,24,25). The third-order valence-corrected chi connectivity index (χ3v) is 6.31. The SMILES string of the molecule is O=C(CCc1c[nH]c2ccccc12)Nc1ccccc1SCc1ccsc1. The Balaban J connectivity index is 1.38. The summed E-state index contributed by atoms with van der Waals surface area (Å²) in [5.74, 6) is 0.954. The van der Waals surface area contributed by atoms with E-state index >= 15 is 0 Å². The van der Waals surface area contributed by atoms with Crippen LogP contribution in [0.3, 0.4) is 0 Å². The van der Waals surface area contributed by atoms with E-state index in [0.717, 1.165) is 28.3 Å². The predicted molar refractivity (Wildman–Crippen MR) is 116 cm³/mol.